The summed E-state index contributed by atoms with van der Waals surface area (Å²) in [6.07, 6.45) is 7.84. The molecule has 3 heterocycles. The lowest BCUT2D eigenvalue weighted by molar-refractivity contribution is -0.125. The van der Waals surface area contributed by atoms with E-state index in [0.717, 1.165) is 25.7 Å². The maximum atomic E-state index is 12.4. The number of hydrogen-bond acceptors (Lipinski definition) is 4. The van der Waals surface area contributed by atoms with E-state index in [4.69, 9.17) is 0 Å². The van der Waals surface area contributed by atoms with Crippen LogP contribution in [0.25, 0.3) is 0 Å². The number of carbonyl (C=O) groups is 2. The minimum atomic E-state index is -0.192. The summed E-state index contributed by atoms with van der Waals surface area (Å²) in [5.74, 6) is 0.535. The second-order valence-corrected chi connectivity index (χ2v) is 9.71. The molecule has 1 aromatic rings. The third-order valence-electron chi connectivity index (χ3n) is 5.77. The fourth-order valence-corrected chi connectivity index (χ4v) is 4.51. The van der Waals surface area contributed by atoms with Crippen LogP contribution in [0.4, 0.5) is 0 Å². The van der Waals surface area contributed by atoms with E-state index in [2.05, 4.69) is 20.6 Å². The molecule has 2 N–H and O–H groups in total. The molecule has 2 bridgehead atoms. The van der Waals surface area contributed by atoms with Gasteiger partial charge in [0.05, 0.1) is 18.3 Å². The number of fused-ring (bicyclic) bond motifs is 2. The maximum absolute atomic E-state index is 12.4. The van der Waals surface area contributed by atoms with Crippen molar-refractivity contribution in [2.75, 3.05) is 13.1 Å². The summed E-state index contributed by atoms with van der Waals surface area (Å²) >= 11 is 0. The zero-order valence-corrected chi connectivity index (χ0v) is 17.9. The average Bonchev–Trinajstić information content (AvgIpc) is 3.15. The second-order valence-electron chi connectivity index (χ2n) is 9.71. The highest BCUT2D eigenvalue weighted by Gasteiger charge is 2.41. The minimum absolute atomic E-state index is 0.0498. The molecule has 0 spiro atoms. The van der Waals surface area contributed by atoms with Crippen LogP contribution < -0.4 is 10.6 Å². The average molecular weight is 390 g/mol. The Kier molecular flexibility index (Phi) is 6.12. The van der Waals surface area contributed by atoms with Gasteiger partial charge in [0, 0.05) is 36.4 Å². The number of piperidine rings is 1. The smallest absolute Gasteiger partial charge is 0.254 e. The summed E-state index contributed by atoms with van der Waals surface area (Å²) in [6.45, 7) is 11.3. The molecule has 2 aliphatic rings. The molecule has 1 aromatic heterocycles. The molecule has 2 aliphatic heterocycles. The summed E-state index contributed by atoms with van der Waals surface area (Å²) in [7, 11) is 0. The summed E-state index contributed by atoms with van der Waals surface area (Å²) < 4.78 is 1.80. The van der Waals surface area contributed by atoms with Crippen LogP contribution in [0.5, 0.6) is 0 Å². The second kappa shape index (κ2) is 8.23. The first-order chi connectivity index (χ1) is 13.1. The summed E-state index contributed by atoms with van der Waals surface area (Å²) in [4.78, 5) is 27.1. The van der Waals surface area contributed by atoms with E-state index in [-0.39, 0.29) is 23.4 Å². The molecule has 3 atom stereocenters. The van der Waals surface area contributed by atoms with Crippen LogP contribution in [0, 0.1) is 5.92 Å². The third-order valence-corrected chi connectivity index (χ3v) is 5.77. The van der Waals surface area contributed by atoms with Gasteiger partial charge in [0.2, 0.25) is 5.91 Å². The van der Waals surface area contributed by atoms with Gasteiger partial charge in [0.1, 0.15) is 0 Å². The highest BCUT2D eigenvalue weighted by atomic mass is 16.2. The Balaban J connectivity index is 1.48. The van der Waals surface area contributed by atoms with Crippen molar-refractivity contribution in [2.24, 2.45) is 5.92 Å². The maximum Gasteiger partial charge on any atom is 0.254 e. The molecule has 3 rings (SSSR count). The molecule has 0 aliphatic carbocycles. The van der Waals surface area contributed by atoms with E-state index in [0.29, 0.717) is 36.7 Å². The molecule has 2 saturated heterocycles. The summed E-state index contributed by atoms with van der Waals surface area (Å²) in [5, 5.41) is 10.4. The van der Waals surface area contributed by atoms with Gasteiger partial charge in [-0.2, -0.15) is 5.10 Å². The van der Waals surface area contributed by atoms with Crippen LogP contribution in [0.1, 0.15) is 76.7 Å². The molecule has 0 saturated carbocycles. The van der Waals surface area contributed by atoms with Crippen molar-refractivity contribution in [3.63, 3.8) is 0 Å². The van der Waals surface area contributed by atoms with E-state index in [1.807, 2.05) is 34.6 Å². The number of hydrogen-bond donors (Lipinski definition) is 2. The lowest BCUT2D eigenvalue weighted by atomic mass is 9.90. The van der Waals surface area contributed by atoms with Crippen LogP contribution in [0.15, 0.2) is 12.4 Å². The molecule has 28 heavy (non-hydrogen) atoms. The Bertz CT molecular complexity index is 692. The van der Waals surface area contributed by atoms with E-state index >= 15 is 0 Å². The monoisotopic (exact) mass is 389 g/mol. The van der Waals surface area contributed by atoms with Gasteiger partial charge >= 0.3 is 0 Å². The number of aromatic nitrogens is 2. The molecule has 2 amide bonds. The molecule has 1 unspecified atom stereocenters. The molecule has 2 fully saturated rings. The van der Waals surface area contributed by atoms with Gasteiger partial charge in [0.15, 0.2) is 0 Å². The minimum Gasteiger partial charge on any atom is -0.352 e. The molecule has 7 heteroatoms. The SMILES string of the molecule is CC(C)n1cc(C(=O)NCC2C[C@H]3CC[C@@H](C2)N3CC(=O)NC(C)(C)C)cn1. The van der Waals surface area contributed by atoms with Crippen LogP contribution in [-0.4, -0.2) is 57.2 Å². The van der Waals surface area contributed by atoms with Gasteiger partial charge in [0.25, 0.3) is 5.91 Å². The van der Waals surface area contributed by atoms with Gasteiger partial charge in [-0.25, -0.2) is 0 Å². The molecule has 0 radical (unpaired) electrons. The van der Waals surface area contributed by atoms with Crippen molar-refractivity contribution in [2.45, 2.75) is 84.0 Å². The Morgan fingerprint density at radius 1 is 1.21 bits per heavy atom. The summed E-state index contributed by atoms with van der Waals surface area (Å²) in [5.41, 5.74) is 0.426. The Morgan fingerprint density at radius 3 is 2.39 bits per heavy atom. The predicted molar refractivity (Wildman–Crippen MR) is 109 cm³/mol. The van der Waals surface area contributed by atoms with E-state index in [9.17, 15) is 9.59 Å². The number of amides is 2. The van der Waals surface area contributed by atoms with Crippen LogP contribution >= 0.6 is 0 Å². The lowest BCUT2D eigenvalue weighted by Gasteiger charge is -2.39. The number of carbonyl (C=O) groups excluding carboxylic acids is 2. The Labute approximate surface area is 168 Å². The number of rotatable bonds is 6. The summed E-state index contributed by atoms with van der Waals surface area (Å²) in [6, 6.07) is 1.15. The van der Waals surface area contributed by atoms with Crippen molar-refractivity contribution in [1.82, 2.24) is 25.3 Å². The van der Waals surface area contributed by atoms with E-state index < -0.39 is 0 Å². The largest absolute Gasteiger partial charge is 0.352 e. The first kappa shape index (κ1) is 20.8. The molecular weight excluding hydrogens is 354 g/mol. The predicted octanol–water partition coefficient (Wildman–Crippen LogP) is 2.35. The fraction of sp³-hybridized carbons (Fsp3) is 0.762. The van der Waals surface area contributed by atoms with Crippen molar-refractivity contribution >= 4 is 11.8 Å². The van der Waals surface area contributed by atoms with Crippen molar-refractivity contribution in [3.05, 3.63) is 18.0 Å². The highest BCUT2D eigenvalue weighted by molar-refractivity contribution is 5.93. The molecule has 7 nitrogen and oxygen atoms in total. The van der Waals surface area contributed by atoms with E-state index in [1.165, 1.54) is 0 Å². The van der Waals surface area contributed by atoms with Gasteiger partial charge in [-0.15, -0.1) is 0 Å². The van der Waals surface area contributed by atoms with E-state index in [1.54, 1.807) is 17.1 Å². The van der Waals surface area contributed by atoms with Gasteiger partial charge in [-0.05, 0) is 66.2 Å². The molecular formula is C21H35N5O2. The number of nitrogens with zero attached hydrogens (tertiary/aromatic N) is 3. The van der Waals surface area contributed by atoms with Gasteiger partial charge < -0.3 is 10.6 Å². The van der Waals surface area contributed by atoms with Crippen molar-refractivity contribution in [3.8, 4) is 0 Å². The normalized spacial score (nSPS) is 25.1. The Hall–Kier alpha value is -1.89. The van der Waals surface area contributed by atoms with Crippen LogP contribution in [0.3, 0.4) is 0 Å². The first-order valence-corrected chi connectivity index (χ1v) is 10.5. The standard InChI is InChI=1S/C21H35N5O2/c1-14(2)26-12-16(11-23-26)20(28)22-10-15-8-17-6-7-18(9-15)25(17)13-19(27)24-21(3,4)5/h11-12,14-15,17-18H,6-10,13H2,1-5H3,(H,22,28)(H,24,27)/t15?,17-,18+. The zero-order valence-electron chi connectivity index (χ0n) is 17.9. The van der Waals surface area contributed by atoms with Gasteiger partial charge in [-0.3, -0.25) is 19.2 Å². The lowest BCUT2D eigenvalue weighted by Crippen LogP contribution is -2.52. The third kappa shape index (κ3) is 5.13. The zero-order chi connectivity index (χ0) is 20.5. The fourth-order valence-electron chi connectivity index (χ4n) is 4.51. The highest BCUT2D eigenvalue weighted by Crippen LogP contribution is 2.38. The molecule has 0 aromatic carbocycles. The van der Waals surface area contributed by atoms with Gasteiger partial charge in [-0.1, -0.05) is 0 Å². The van der Waals surface area contributed by atoms with Crippen LogP contribution in [-0.2, 0) is 4.79 Å². The quantitative estimate of drug-likeness (QED) is 0.783. The first-order valence-electron chi connectivity index (χ1n) is 10.5. The Morgan fingerprint density at radius 2 is 1.86 bits per heavy atom. The number of nitrogens with one attached hydrogen (secondary N) is 2. The van der Waals surface area contributed by atoms with Crippen molar-refractivity contribution < 1.29 is 9.59 Å². The topological polar surface area (TPSA) is 79.3 Å². The van der Waals surface area contributed by atoms with Crippen LogP contribution in [0.2, 0.25) is 0 Å². The molecule has 156 valence electrons. The van der Waals surface area contributed by atoms with Crippen molar-refractivity contribution in [1.29, 1.82) is 0 Å².